The maximum atomic E-state index is 12.8. The van der Waals surface area contributed by atoms with Crippen LogP contribution in [0.3, 0.4) is 0 Å². The minimum Gasteiger partial charge on any atom is -0.289 e. The second kappa shape index (κ2) is 7.43. The predicted octanol–water partition coefficient (Wildman–Crippen LogP) is 4.03. The summed E-state index contributed by atoms with van der Waals surface area (Å²) in [5.41, 5.74) is 4.30. The molecule has 1 N–H and O–H groups in total. The summed E-state index contributed by atoms with van der Waals surface area (Å²) in [6.45, 7) is 0. The van der Waals surface area contributed by atoms with E-state index in [9.17, 15) is 10.1 Å². The van der Waals surface area contributed by atoms with E-state index in [1.54, 1.807) is 24.3 Å². The molecule has 0 bridgehead atoms. The van der Waals surface area contributed by atoms with Crippen molar-refractivity contribution in [2.45, 2.75) is 5.16 Å². The third-order valence-corrected chi connectivity index (χ3v) is 4.37. The molecule has 0 amide bonds. The van der Waals surface area contributed by atoms with Gasteiger partial charge in [0.1, 0.15) is 11.6 Å². The van der Waals surface area contributed by atoms with E-state index in [2.05, 4.69) is 10.4 Å². The lowest BCUT2D eigenvalue weighted by Gasteiger charge is -2.15. The highest BCUT2D eigenvalue weighted by molar-refractivity contribution is 7.98. The number of nitrogens with zero attached hydrogens (tertiary/aromatic N) is 3. The van der Waals surface area contributed by atoms with Crippen LogP contribution in [-0.4, -0.2) is 15.9 Å². The zero-order valence-electron chi connectivity index (χ0n) is 13.2. The van der Waals surface area contributed by atoms with Crippen LogP contribution in [0.1, 0.15) is 5.56 Å². The SMILES string of the molecule is CSc1nc(-c2ccccc2)c(C#N)c(=O)n1Nc1ccc(Cl)cc1. The van der Waals surface area contributed by atoms with Gasteiger partial charge in [0.2, 0.25) is 0 Å². The van der Waals surface area contributed by atoms with Gasteiger partial charge < -0.3 is 0 Å². The van der Waals surface area contributed by atoms with Crippen LogP contribution in [-0.2, 0) is 0 Å². The molecule has 1 heterocycles. The van der Waals surface area contributed by atoms with E-state index in [1.165, 1.54) is 16.4 Å². The second-order valence-electron chi connectivity index (χ2n) is 5.06. The second-order valence-corrected chi connectivity index (χ2v) is 6.27. The van der Waals surface area contributed by atoms with E-state index in [1.807, 2.05) is 42.7 Å². The third-order valence-electron chi connectivity index (χ3n) is 3.48. The number of thioether (sulfide) groups is 1. The van der Waals surface area contributed by atoms with E-state index in [4.69, 9.17) is 11.6 Å². The summed E-state index contributed by atoms with van der Waals surface area (Å²) < 4.78 is 1.28. The molecule has 0 aliphatic heterocycles. The van der Waals surface area contributed by atoms with Gasteiger partial charge in [-0.05, 0) is 30.5 Å². The number of hydrogen-bond acceptors (Lipinski definition) is 5. The Morgan fingerprint density at radius 1 is 1.16 bits per heavy atom. The quantitative estimate of drug-likeness (QED) is 0.556. The molecule has 0 fully saturated rings. The first-order valence-corrected chi connectivity index (χ1v) is 8.93. The molecule has 0 saturated carbocycles. The Labute approximate surface area is 153 Å². The van der Waals surface area contributed by atoms with Crippen molar-refractivity contribution in [3.8, 4) is 17.3 Å². The molecule has 0 saturated heterocycles. The van der Waals surface area contributed by atoms with Crippen LogP contribution in [0.4, 0.5) is 5.69 Å². The molecular formula is C18H13ClN4OS. The summed E-state index contributed by atoms with van der Waals surface area (Å²) in [4.78, 5) is 17.4. The molecule has 0 radical (unpaired) electrons. The predicted molar refractivity (Wildman–Crippen MR) is 101 cm³/mol. The number of nitriles is 1. The molecule has 0 aliphatic rings. The van der Waals surface area contributed by atoms with Crippen molar-refractivity contribution in [1.82, 2.24) is 9.66 Å². The van der Waals surface area contributed by atoms with Gasteiger partial charge in [-0.25, -0.2) is 4.98 Å². The number of aromatic nitrogens is 2. The van der Waals surface area contributed by atoms with Gasteiger partial charge in [-0.2, -0.15) is 9.94 Å². The summed E-state index contributed by atoms with van der Waals surface area (Å²) in [6, 6.07) is 18.1. The maximum Gasteiger partial charge on any atom is 0.291 e. The average molecular weight is 369 g/mol. The Bertz CT molecular complexity index is 995. The lowest BCUT2D eigenvalue weighted by molar-refractivity contribution is 0.738. The van der Waals surface area contributed by atoms with Gasteiger partial charge in [-0.3, -0.25) is 10.2 Å². The number of rotatable bonds is 4. The molecule has 0 unspecified atom stereocenters. The van der Waals surface area contributed by atoms with Crippen molar-refractivity contribution in [3.63, 3.8) is 0 Å². The first-order valence-electron chi connectivity index (χ1n) is 7.33. The Morgan fingerprint density at radius 3 is 2.44 bits per heavy atom. The highest BCUT2D eigenvalue weighted by Crippen LogP contribution is 2.22. The molecule has 5 nitrogen and oxygen atoms in total. The van der Waals surface area contributed by atoms with Crippen LogP contribution in [0.5, 0.6) is 0 Å². The Balaban J connectivity index is 2.15. The number of nitrogens with one attached hydrogen (secondary N) is 1. The van der Waals surface area contributed by atoms with E-state index in [0.29, 0.717) is 21.6 Å². The number of benzene rings is 2. The highest BCUT2D eigenvalue weighted by atomic mass is 35.5. The summed E-state index contributed by atoms with van der Waals surface area (Å²) in [6.07, 6.45) is 1.82. The minimum absolute atomic E-state index is 0.00883. The molecule has 3 aromatic rings. The van der Waals surface area contributed by atoms with Crippen LogP contribution in [0.15, 0.2) is 64.5 Å². The Hall–Kier alpha value is -2.75. The number of hydrogen-bond donors (Lipinski definition) is 1. The fourth-order valence-electron chi connectivity index (χ4n) is 2.30. The van der Waals surface area contributed by atoms with Crippen LogP contribution < -0.4 is 11.0 Å². The van der Waals surface area contributed by atoms with Gasteiger partial charge >= 0.3 is 0 Å². The van der Waals surface area contributed by atoms with Crippen molar-refractivity contribution in [3.05, 3.63) is 75.5 Å². The Kier molecular flexibility index (Phi) is 5.08. The molecule has 3 rings (SSSR count). The third kappa shape index (κ3) is 3.53. The van der Waals surface area contributed by atoms with Crippen molar-refractivity contribution in [2.24, 2.45) is 0 Å². The fourth-order valence-corrected chi connectivity index (χ4v) is 2.92. The van der Waals surface area contributed by atoms with Gasteiger partial charge in [-0.1, -0.05) is 53.7 Å². The van der Waals surface area contributed by atoms with E-state index >= 15 is 0 Å². The first-order chi connectivity index (χ1) is 12.1. The van der Waals surface area contributed by atoms with Gasteiger partial charge in [0.25, 0.3) is 5.56 Å². The van der Waals surface area contributed by atoms with Crippen LogP contribution in [0.2, 0.25) is 5.02 Å². The largest absolute Gasteiger partial charge is 0.291 e. The molecule has 25 heavy (non-hydrogen) atoms. The van der Waals surface area contributed by atoms with E-state index < -0.39 is 5.56 Å². The molecule has 0 spiro atoms. The zero-order chi connectivity index (χ0) is 17.8. The molecule has 1 aromatic heterocycles. The fraction of sp³-hybridized carbons (Fsp3) is 0.0556. The van der Waals surface area contributed by atoms with Crippen LogP contribution >= 0.6 is 23.4 Å². The topological polar surface area (TPSA) is 70.7 Å². The molecular weight excluding hydrogens is 356 g/mol. The standard InChI is InChI=1S/C18H13ClN4OS/c1-25-18-21-16(12-5-3-2-4-6-12)15(11-20)17(24)23(18)22-14-9-7-13(19)8-10-14/h2-10,22H,1H3. The molecule has 2 aromatic carbocycles. The maximum absolute atomic E-state index is 12.8. The van der Waals surface area contributed by atoms with Gasteiger partial charge in [-0.15, -0.1) is 0 Å². The zero-order valence-corrected chi connectivity index (χ0v) is 14.8. The summed E-state index contributed by atoms with van der Waals surface area (Å²) >= 11 is 7.20. The lowest BCUT2D eigenvalue weighted by atomic mass is 10.1. The van der Waals surface area contributed by atoms with Crippen molar-refractivity contribution < 1.29 is 0 Å². The van der Waals surface area contributed by atoms with Crippen LogP contribution in [0, 0.1) is 11.3 Å². The van der Waals surface area contributed by atoms with Crippen molar-refractivity contribution in [1.29, 1.82) is 5.26 Å². The van der Waals surface area contributed by atoms with Gasteiger partial charge in [0, 0.05) is 10.6 Å². The molecule has 0 aliphatic carbocycles. The lowest BCUT2D eigenvalue weighted by Crippen LogP contribution is -2.31. The number of anilines is 1. The average Bonchev–Trinajstić information content (AvgIpc) is 2.65. The minimum atomic E-state index is -0.448. The van der Waals surface area contributed by atoms with Gasteiger partial charge in [0.15, 0.2) is 5.16 Å². The molecule has 0 atom stereocenters. The summed E-state index contributed by atoms with van der Waals surface area (Å²) in [5, 5.41) is 10.5. The van der Waals surface area contributed by atoms with Crippen molar-refractivity contribution in [2.75, 3.05) is 11.7 Å². The molecule has 124 valence electrons. The summed E-state index contributed by atoms with van der Waals surface area (Å²) in [5.74, 6) is 0. The number of halogens is 1. The Morgan fingerprint density at radius 2 is 1.84 bits per heavy atom. The smallest absolute Gasteiger partial charge is 0.289 e. The normalized spacial score (nSPS) is 10.3. The van der Waals surface area contributed by atoms with Crippen molar-refractivity contribution >= 4 is 29.1 Å². The van der Waals surface area contributed by atoms with E-state index in [0.717, 1.165) is 5.56 Å². The van der Waals surface area contributed by atoms with E-state index in [-0.39, 0.29) is 5.56 Å². The van der Waals surface area contributed by atoms with Crippen LogP contribution in [0.25, 0.3) is 11.3 Å². The highest BCUT2D eigenvalue weighted by Gasteiger charge is 2.17. The molecule has 7 heteroatoms. The monoisotopic (exact) mass is 368 g/mol. The summed E-state index contributed by atoms with van der Waals surface area (Å²) in [7, 11) is 0. The first kappa shape index (κ1) is 17.1. The van der Waals surface area contributed by atoms with Gasteiger partial charge in [0.05, 0.1) is 11.4 Å².